The van der Waals surface area contributed by atoms with Crippen molar-refractivity contribution < 1.29 is 18.7 Å². The molecule has 1 aromatic heterocycles. The predicted molar refractivity (Wildman–Crippen MR) is 116 cm³/mol. The number of benzene rings is 3. The summed E-state index contributed by atoms with van der Waals surface area (Å²) in [5.74, 6) is 1.40. The minimum Gasteiger partial charge on any atom is -0.497 e. The van der Waals surface area contributed by atoms with Gasteiger partial charge >= 0.3 is 0 Å². The van der Waals surface area contributed by atoms with Gasteiger partial charge in [0.2, 0.25) is 5.89 Å². The Bertz CT molecular complexity index is 1200. The Labute approximate surface area is 174 Å². The molecule has 4 aromatic rings. The van der Waals surface area contributed by atoms with Crippen LogP contribution in [0.1, 0.15) is 21.5 Å². The van der Waals surface area contributed by atoms with Crippen molar-refractivity contribution in [1.82, 2.24) is 4.98 Å². The molecule has 1 heterocycles. The first-order valence-corrected chi connectivity index (χ1v) is 9.49. The van der Waals surface area contributed by atoms with Crippen LogP contribution in [-0.4, -0.2) is 25.1 Å². The zero-order valence-corrected chi connectivity index (χ0v) is 17.3. The van der Waals surface area contributed by atoms with Crippen molar-refractivity contribution in [1.29, 1.82) is 0 Å². The summed E-state index contributed by atoms with van der Waals surface area (Å²) in [6.07, 6.45) is 0. The molecule has 0 aliphatic carbocycles. The fraction of sp³-hybridized carbons (Fsp3) is 0.167. The van der Waals surface area contributed by atoms with Gasteiger partial charge in [-0.3, -0.25) is 4.79 Å². The van der Waals surface area contributed by atoms with E-state index in [0.29, 0.717) is 28.6 Å². The smallest absolute Gasteiger partial charge is 0.255 e. The Hall–Kier alpha value is -3.80. The number of hydrogen-bond donors (Lipinski definition) is 1. The van der Waals surface area contributed by atoms with E-state index in [4.69, 9.17) is 13.9 Å². The number of aromatic nitrogens is 1. The number of aryl methyl sites for hydroxylation is 2. The maximum Gasteiger partial charge on any atom is 0.255 e. The number of oxazole rings is 1. The second-order valence-corrected chi connectivity index (χ2v) is 7.08. The Morgan fingerprint density at radius 3 is 2.23 bits per heavy atom. The lowest BCUT2D eigenvalue weighted by Gasteiger charge is -2.09. The molecule has 6 heteroatoms. The van der Waals surface area contributed by atoms with Gasteiger partial charge in [0.05, 0.1) is 14.2 Å². The van der Waals surface area contributed by atoms with Crippen LogP contribution in [0.2, 0.25) is 0 Å². The third-order valence-corrected chi connectivity index (χ3v) is 4.82. The number of fused-ring (bicyclic) bond motifs is 1. The summed E-state index contributed by atoms with van der Waals surface area (Å²) in [4.78, 5) is 17.2. The lowest BCUT2D eigenvalue weighted by molar-refractivity contribution is 0.102. The summed E-state index contributed by atoms with van der Waals surface area (Å²) in [7, 11) is 3.09. The third kappa shape index (κ3) is 3.85. The van der Waals surface area contributed by atoms with Crippen molar-refractivity contribution in [2.75, 3.05) is 19.5 Å². The molecule has 0 atom stereocenters. The summed E-state index contributed by atoms with van der Waals surface area (Å²) in [5.41, 5.74) is 5.78. The number of hydrogen-bond acceptors (Lipinski definition) is 5. The van der Waals surface area contributed by atoms with Crippen LogP contribution in [0.4, 0.5) is 5.69 Å². The third-order valence-electron chi connectivity index (χ3n) is 4.82. The highest BCUT2D eigenvalue weighted by Crippen LogP contribution is 2.28. The Kier molecular flexibility index (Phi) is 5.14. The quantitative estimate of drug-likeness (QED) is 0.485. The van der Waals surface area contributed by atoms with Crippen molar-refractivity contribution in [3.05, 3.63) is 71.3 Å². The Morgan fingerprint density at radius 2 is 1.60 bits per heavy atom. The minimum atomic E-state index is -0.257. The van der Waals surface area contributed by atoms with Gasteiger partial charge in [-0.25, -0.2) is 4.98 Å². The summed E-state index contributed by atoms with van der Waals surface area (Å²) in [5, 5.41) is 2.88. The second kappa shape index (κ2) is 7.91. The summed E-state index contributed by atoms with van der Waals surface area (Å²) >= 11 is 0. The molecule has 0 spiro atoms. The van der Waals surface area contributed by atoms with Crippen molar-refractivity contribution in [2.24, 2.45) is 0 Å². The number of nitrogens with one attached hydrogen (secondary N) is 1. The van der Waals surface area contributed by atoms with E-state index in [9.17, 15) is 4.79 Å². The van der Waals surface area contributed by atoms with Gasteiger partial charge in [0.1, 0.15) is 17.0 Å². The lowest BCUT2D eigenvalue weighted by atomic mass is 10.1. The van der Waals surface area contributed by atoms with Crippen molar-refractivity contribution in [3.8, 4) is 23.0 Å². The molecule has 30 heavy (non-hydrogen) atoms. The molecule has 6 nitrogen and oxygen atoms in total. The van der Waals surface area contributed by atoms with E-state index in [1.54, 1.807) is 32.4 Å². The average molecular weight is 402 g/mol. The molecular formula is C24H22N2O4. The van der Waals surface area contributed by atoms with E-state index < -0.39 is 0 Å². The van der Waals surface area contributed by atoms with Crippen molar-refractivity contribution >= 4 is 22.7 Å². The minimum absolute atomic E-state index is 0.257. The molecule has 0 aliphatic heterocycles. The molecule has 0 fully saturated rings. The van der Waals surface area contributed by atoms with E-state index in [2.05, 4.69) is 16.4 Å². The van der Waals surface area contributed by atoms with Gasteiger partial charge < -0.3 is 19.2 Å². The van der Waals surface area contributed by atoms with Crippen molar-refractivity contribution in [3.63, 3.8) is 0 Å². The molecule has 0 bridgehead atoms. The van der Waals surface area contributed by atoms with Gasteiger partial charge in [-0.05, 0) is 67.4 Å². The number of rotatable bonds is 5. The summed E-state index contributed by atoms with van der Waals surface area (Å²) in [6.45, 7) is 4.05. The van der Waals surface area contributed by atoms with Gasteiger partial charge in [0.25, 0.3) is 5.91 Å². The summed E-state index contributed by atoms with van der Waals surface area (Å²) < 4.78 is 16.4. The molecule has 152 valence electrons. The maximum atomic E-state index is 12.6. The largest absolute Gasteiger partial charge is 0.497 e. The van der Waals surface area contributed by atoms with E-state index in [1.165, 1.54) is 0 Å². The standard InChI is InChI=1S/C24H22N2O4/c1-14-9-15(2)22-21(10-14)26-24(30-22)16-5-7-18(8-6-16)25-23(27)17-11-19(28-3)13-20(12-17)29-4/h5-13H,1-4H3,(H,25,27). The van der Waals surface area contributed by atoms with Crippen LogP contribution in [0.3, 0.4) is 0 Å². The summed E-state index contributed by atoms with van der Waals surface area (Å²) in [6, 6.07) is 16.5. The molecule has 1 N–H and O–H groups in total. The van der Waals surface area contributed by atoms with Crippen LogP contribution in [0.25, 0.3) is 22.6 Å². The molecule has 0 unspecified atom stereocenters. The van der Waals surface area contributed by atoms with Crippen LogP contribution in [-0.2, 0) is 0 Å². The highest BCUT2D eigenvalue weighted by atomic mass is 16.5. The second-order valence-electron chi connectivity index (χ2n) is 7.08. The highest BCUT2D eigenvalue weighted by molar-refractivity contribution is 6.04. The monoisotopic (exact) mass is 402 g/mol. The molecule has 0 saturated carbocycles. The number of amides is 1. The van der Waals surface area contributed by atoms with Crippen LogP contribution < -0.4 is 14.8 Å². The first-order chi connectivity index (χ1) is 14.5. The van der Waals surface area contributed by atoms with Crippen LogP contribution in [0.5, 0.6) is 11.5 Å². The normalized spacial score (nSPS) is 10.8. The van der Waals surface area contributed by atoms with E-state index >= 15 is 0 Å². The molecular weight excluding hydrogens is 380 g/mol. The topological polar surface area (TPSA) is 73.6 Å². The number of carbonyl (C=O) groups is 1. The first-order valence-electron chi connectivity index (χ1n) is 9.49. The van der Waals surface area contributed by atoms with Gasteiger partial charge in [-0.1, -0.05) is 6.07 Å². The number of ether oxygens (including phenoxy) is 2. The van der Waals surface area contributed by atoms with E-state index in [0.717, 1.165) is 27.8 Å². The molecule has 4 rings (SSSR count). The molecule has 3 aromatic carbocycles. The number of methoxy groups -OCH3 is 2. The van der Waals surface area contributed by atoms with Gasteiger partial charge in [0.15, 0.2) is 5.58 Å². The van der Waals surface area contributed by atoms with E-state index in [1.807, 2.05) is 44.2 Å². The average Bonchev–Trinajstić information content (AvgIpc) is 3.18. The van der Waals surface area contributed by atoms with Crippen LogP contribution in [0, 0.1) is 13.8 Å². The van der Waals surface area contributed by atoms with Crippen LogP contribution in [0.15, 0.2) is 59.0 Å². The molecule has 0 saturated heterocycles. The molecule has 1 amide bonds. The Morgan fingerprint density at radius 1 is 0.933 bits per heavy atom. The fourth-order valence-corrected chi connectivity index (χ4v) is 3.34. The van der Waals surface area contributed by atoms with Crippen molar-refractivity contribution in [2.45, 2.75) is 13.8 Å². The number of nitrogens with zero attached hydrogens (tertiary/aromatic N) is 1. The zero-order valence-electron chi connectivity index (χ0n) is 17.3. The zero-order chi connectivity index (χ0) is 21.3. The molecule has 0 aliphatic rings. The van der Waals surface area contributed by atoms with Gasteiger partial charge in [-0.15, -0.1) is 0 Å². The van der Waals surface area contributed by atoms with Gasteiger partial charge in [0, 0.05) is 22.9 Å². The SMILES string of the molecule is COc1cc(OC)cc(C(=O)Nc2ccc(-c3nc4cc(C)cc(C)c4o3)cc2)c1. The van der Waals surface area contributed by atoms with Gasteiger partial charge in [-0.2, -0.15) is 0 Å². The fourth-order valence-electron chi connectivity index (χ4n) is 3.34. The highest BCUT2D eigenvalue weighted by Gasteiger charge is 2.13. The first kappa shape index (κ1) is 19.5. The number of anilines is 1. The van der Waals surface area contributed by atoms with E-state index in [-0.39, 0.29) is 5.91 Å². The lowest BCUT2D eigenvalue weighted by Crippen LogP contribution is -2.12. The number of carbonyl (C=O) groups excluding carboxylic acids is 1. The van der Waals surface area contributed by atoms with Crippen LogP contribution >= 0.6 is 0 Å². The Balaban J connectivity index is 1.56. The predicted octanol–water partition coefficient (Wildman–Crippen LogP) is 5.38. The molecule has 0 radical (unpaired) electrons. The maximum absolute atomic E-state index is 12.6.